The monoisotopic (exact) mass is 422 g/mol. The molecule has 0 radical (unpaired) electrons. The van der Waals surface area contributed by atoms with Gasteiger partial charge in [-0.3, -0.25) is 4.79 Å². The van der Waals surface area contributed by atoms with Crippen LogP contribution in [0.2, 0.25) is 0 Å². The fourth-order valence-corrected chi connectivity index (χ4v) is 5.46. The van der Waals surface area contributed by atoms with E-state index in [1.54, 1.807) is 18.4 Å². The molecule has 1 saturated carbocycles. The highest BCUT2D eigenvalue weighted by Crippen LogP contribution is 2.29. The summed E-state index contributed by atoms with van der Waals surface area (Å²) in [6.07, 6.45) is 7.27. The third kappa shape index (κ3) is 5.58. The number of aryl methyl sites for hydroxylation is 1. The second-order valence-electron chi connectivity index (χ2n) is 7.35. The van der Waals surface area contributed by atoms with Crippen LogP contribution in [0.4, 0.5) is 5.13 Å². The van der Waals surface area contributed by atoms with Gasteiger partial charge in [0.15, 0.2) is 10.1 Å². The van der Waals surface area contributed by atoms with Gasteiger partial charge >= 0.3 is 0 Å². The van der Waals surface area contributed by atoms with Gasteiger partial charge in [-0.1, -0.05) is 42.4 Å². The Hall–Kier alpha value is -1.38. The molecule has 0 saturated heterocycles. The Labute approximate surface area is 175 Å². The van der Waals surface area contributed by atoms with Crippen molar-refractivity contribution in [3.63, 3.8) is 0 Å². The first-order chi connectivity index (χ1) is 13.6. The number of anilines is 1. The van der Waals surface area contributed by atoms with Crippen molar-refractivity contribution in [3.8, 4) is 0 Å². The number of nitrogens with one attached hydrogen (secondary N) is 1. The van der Waals surface area contributed by atoms with Crippen molar-refractivity contribution in [2.75, 3.05) is 24.8 Å². The molecule has 1 N–H and O–H groups in total. The molecule has 0 atom stereocenters. The molecule has 154 valence electrons. The predicted molar refractivity (Wildman–Crippen MR) is 116 cm³/mol. The molecule has 3 rings (SSSR count). The molecular formula is C20H30N4O2S2. The molecule has 0 aromatic carbocycles. The number of Topliss-reactive ketones (excluding diaryl/α,β-unsaturated/α-hetero) is 1. The van der Waals surface area contributed by atoms with E-state index >= 15 is 0 Å². The maximum Gasteiger partial charge on any atom is 0.206 e. The summed E-state index contributed by atoms with van der Waals surface area (Å²) in [4.78, 5) is 12.7. The van der Waals surface area contributed by atoms with Gasteiger partial charge in [-0.2, -0.15) is 0 Å². The Morgan fingerprint density at radius 2 is 2.11 bits per heavy atom. The van der Waals surface area contributed by atoms with Gasteiger partial charge in [-0.05, 0) is 39.2 Å². The van der Waals surface area contributed by atoms with Gasteiger partial charge < -0.3 is 14.6 Å². The predicted octanol–water partition coefficient (Wildman–Crippen LogP) is 4.71. The van der Waals surface area contributed by atoms with Gasteiger partial charge in [0, 0.05) is 43.3 Å². The van der Waals surface area contributed by atoms with Crippen LogP contribution in [-0.2, 0) is 11.3 Å². The minimum absolute atomic E-state index is 0.146. The van der Waals surface area contributed by atoms with Gasteiger partial charge in [0.25, 0.3) is 0 Å². The molecule has 0 bridgehead atoms. The molecule has 2 heterocycles. The molecule has 0 aliphatic heterocycles. The van der Waals surface area contributed by atoms with Gasteiger partial charge in [0.05, 0.1) is 5.75 Å². The van der Waals surface area contributed by atoms with E-state index in [0.29, 0.717) is 11.8 Å². The fourth-order valence-electron chi connectivity index (χ4n) is 3.75. The van der Waals surface area contributed by atoms with E-state index in [4.69, 9.17) is 4.74 Å². The highest BCUT2D eigenvalue weighted by molar-refractivity contribution is 8.01. The van der Waals surface area contributed by atoms with Crippen molar-refractivity contribution in [2.45, 2.75) is 69.3 Å². The number of rotatable bonds is 10. The van der Waals surface area contributed by atoms with E-state index < -0.39 is 0 Å². The zero-order valence-electron chi connectivity index (χ0n) is 17.0. The lowest BCUT2D eigenvalue weighted by molar-refractivity contribution is 0.102. The average Bonchev–Trinajstić information content (AvgIpc) is 3.26. The summed E-state index contributed by atoms with van der Waals surface area (Å²) >= 11 is 3.03. The molecule has 6 nitrogen and oxygen atoms in total. The molecule has 2 aromatic rings. The third-order valence-corrected chi connectivity index (χ3v) is 7.26. The first kappa shape index (κ1) is 21.3. The molecule has 1 aliphatic carbocycles. The van der Waals surface area contributed by atoms with Crippen LogP contribution in [0.3, 0.4) is 0 Å². The standard InChI is InChI=1S/C20H30N4O2S2/c1-14-12-17(15(2)24(14)10-7-11-26-3)18(25)13-27-20-23-22-19(28-20)21-16-8-5-4-6-9-16/h12,16H,4-11,13H2,1-3H3,(H,21,22). The second-order valence-corrected chi connectivity index (χ2v) is 9.55. The first-order valence-electron chi connectivity index (χ1n) is 10.00. The Balaban J connectivity index is 1.53. The van der Waals surface area contributed by atoms with Gasteiger partial charge in [0.1, 0.15) is 0 Å². The zero-order chi connectivity index (χ0) is 19.9. The van der Waals surface area contributed by atoms with Crippen molar-refractivity contribution in [1.82, 2.24) is 14.8 Å². The number of hydrogen-bond donors (Lipinski definition) is 1. The maximum absolute atomic E-state index is 12.7. The van der Waals surface area contributed by atoms with E-state index in [1.807, 2.05) is 13.0 Å². The van der Waals surface area contributed by atoms with Crippen molar-refractivity contribution < 1.29 is 9.53 Å². The quantitative estimate of drug-likeness (QED) is 0.340. The van der Waals surface area contributed by atoms with Gasteiger partial charge in [0.2, 0.25) is 5.13 Å². The number of hydrogen-bond acceptors (Lipinski definition) is 7. The maximum atomic E-state index is 12.7. The molecule has 0 amide bonds. The van der Waals surface area contributed by atoms with E-state index in [9.17, 15) is 4.79 Å². The molecule has 1 aliphatic rings. The van der Waals surface area contributed by atoms with Crippen LogP contribution in [0.1, 0.15) is 60.3 Å². The minimum Gasteiger partial charge on any atom is -0.385 e. The molecule has 2 aromatic heterocycles. The Kier molecular flexibility index (Phi) is 7.93. The van der Waals surface area contributed by atoms with Crippen LogP contribution in [0, 0.1) is 13.8 Å². The molecular weight excluding hydrogens is 392 g/mol. The lowest BCUT2D eigenvalue weighted by Crippen LogP contribution is -2.21. The highest BCUT2D eigenvalue weighted by atomic mass is 32.2. The largest absolute Gasteiger partial charge is 0.385 e. The van der Waals surface area contributed by atoms with Crippen LogP contribution in [0.25, 0.3) is 0 Å². The lowest BCUT2D eigenvalue weighted by Gasteiger charge is -2.21. The Morgan fingerprint density at radius 1 is 1.32 bits per heavy atom. The zero-order valence-corrected chi connectivity index (χ0v) is 18.6. The summed E-state index contributed by atoms with van der Waals surface area (Å²) in [5, 5.41) is 12.9. The van der Waals surface area contributed by atoms with E-state index in [2.05, 4.69) is 27.0 Å². The average molecular weight is 423 g/mol. The van der Waals surface area contributed by atoms with Crippen LogP contribution < -0.4 is 5.32 Å². The van der Waals surface area contributed by atoms with Crippen LogP contribution in [-0.4, -0.2) is 46.1 Å². The minimum atomic E-state index is 0.146. The Morgan fingerprint density at radius 3 is 2.86 bits per heavy atom. The second kappa shape index (κ2) is 10.4. The number of carbonyl (C=O) groups excluding carboxylic acids is 1. The van der Waals surface area contributed by atoms with E-state index in [0.717, 1.165) is 46.0 Å². The molecule has 28 heavy (non-hydrogen) atoms. The van der Waals surface area contributed by atoms with Crippen molar-refractivity contribution in [2.24, 2.45) is 0 Å². The Bertz CT molecular complexity index is 781. The van der Waals surface area contributed by atoms with Crippen LogP contribution in [0.15, 0.2) is 10.4 Å². The number of thioether (sulfide) groups is 1. The van der Waals surface area contributed by atoms with Crippen molar-refractivity contribution in [1.29, 1.82) is 0 Å². The number of nitrogens with zero attached hydrogens (tertiary/aromatic N) is 3. The number of ketones is 1. The summed E-state index contributed by atoms with van der Waals surface area (Å²) in [5.41, 5.74) is 2.97. The number of aromatic nitrogens is 3. The summed E-state index contributed by atoms with van der Waals surface area (Å²) in [6, 6.07) is 2.52. The fraction of sp³-hybridized carbons (Fsp3) is 0.650. The lowest BCUT2D eigenvalue weighted by atomic mass is 9.96. The van der Waals surface area contributed by atoms with Crippen molar-refractivity contribution in [3.05, 3.63) is 23.0 Å². The smallest absolute Gasteiger partial charge is 0.206 e. The van der Waals surface area contributed by atoms with E-state index in [1.165, 1.54) is 43.9 Å². The first-order valence-corrected chi connectivity index (χ1v) is 11.8. The SMILES string of the molecule is COCCCn1c(C)cc(C(=O)CSc2nnc(NC3CCCCC3)s2)c1C. The number of carbonyl (C=O) groups is 1. The molecule has 0 spiro atoms. The number of ether oxygens (including phenoxy) is 1. The van der Waals surface area contributed by atoms with Crippen LogP contribution in [0.5, 0.6) is 0 Å². The van der Waals surface area contributed by atoms with Gasteiger partial charge in [-0.15, -0.1) is 10.2 Å². The number of methoxy groups -OCH3 is 1. The summed E-state index contributed by atoms with van der Waals surface area (Å²) in [6.45, 7) is 5.68. The van der Waals surface area contributed by atoms with Gasteiger partial charge in [-0.25, -0.2) is 0 Å². The molecule has 0 unspecified atom stereocenters. The highest BCUT2D eigenvalue weighted by Gasteiger charge is 2.18. The normalized spacial score (nSPS) is 15.1. The summed E-state index contributed by atoms with van der Waals surface area (Å²) < 4.78 is 8.18. The molecule has 8 heteroatoms. The topological polar surface area (TPSA) is 69.0 Å². The summed E-state index contributed by atoms with van der Waals surface area (Å²) in [7, 11) is 1.71. The summed E-state index contributed by atoms with van der Waals surface area (Å²) in [5.74, 6) is 0.536. The van der Waals surface area contributed by atoms with Crippen LogP contribution >= 0.6 is 23.1 Å². The third-order valence-electron chi connectivity index (χ3n) is 5.27. The molecule has 1 fully saturated rings. The van der Waals surface area contributed by atoms with E-state index in [-0.39, 0.29) is 5.78 Å². The van der Waals surface area contributed by atoms with Crippen molar-refractivity contribution >= 4 is 34.0 Å².